The van der Waals surface area contributed by atoms with E-state index in [1.807, 2.05) is 13.8 Å². The minimum Gasteiger partial charge on any atom is -0.453 e. The van der Waals surface area contributed by atoms with Crippen LogP contribution in [0.4, 0.5) is 0 Å². The number of H-pyrrole nitrogens is 1. The highest BCUT2D eigenvalue weighted by Crippen LogP contribution is 2.26. The number of hydrogen-bond acceptors (Lipinski definition) is 6. The van der Waals surface area contributed by atoms with Gasteiger partial charge in [-0.3, -0.25) is 9.59 Å². The van der Waals surface area contributed by atoms with E-state index in [4.69, 9.17) is 4.74 Å². The van der Waals surface area contributed by atoms with Gasteiger partial charge in [-0.1, -0.05) is 18.2 Å². The first-order chi connectivity index (χ1) is 13.3. The zero-order valence-corrected chi connectivity index (χ0v) is 16.8. The molecule has 1 aromatic carbocycles. The molecule has 2 heterocycles. The Morgan fingerprint density at radius 1 is 1.18 bits per heavy atom. The van der Waals surface area contributed by atoms with Crippen molar-refractivity contribution in [2.45, 2.75) is 39.8 Å². The molecule has 0 spiro atoms. The van der Waals surface area contributed by atoms with E-state index in [1.165, 1.54) is 11.3 Å². The Kier molecular flexibility index (Phi) is 5.60. The van der Waals surface area contributed by atoms with Crippen LogP contribution in [0.1, 0.15) is 46.6 Å². The Morgan fingerprint density at radius 2 is 1.86 bits per heavy atom. The number of aryl methyl sites for hydroxylation is 2. The molecule has 146 valence electrons. The summed E-state index contributed by atoms with van der Waals surface area (Å²) in [5.74, 6) is -0.707. The van der Waals surface area contributed by atoms with Crippen molar-refractivity contribution in [3.63, 3.8) is 0 Å². The Hall–Kier alpha value is -3.00. The number of thiophene rings is 1. The molecule has 8 heteroatoms. The van der Waals surface area contributed by atoms with Crippen molar-refractivity contribution in [3.8, 4) is 0 Å². The summed E-state index contributed by atoms with van der Waals surface area (Å²) in [4.78, 5) is 45.6. The maximum Gasteiger partial charge on any atom is 0.329 e. The van der Waals surface area contributed by atoms with Gasteiger partial charge in [0.25, 0.3) is 11.5 Å². The minimum absolute atomic E-state index is 0.254. The lowest BCUT2D eigenvalue weighted by molar-refractivity contribution is -0.150. The van der Waals surface area contributed by atoms with Gasteiger partial charge in [0.2, 0.25) is 0 Å². The van der Waals surface area contributed by atoms with Gasteiger partial charge in [0, 0.05) is 10.4 Å². The van der Waals surface area contributed by atoms with Crippen LogP contribution >= 0.6 is 11.3 Å². The highest BCUT2D eigenvalue weighted by molar-refractivity contribution is 7.18. The summed E-state index contributed by atoms with van der Waals surface area (Å²) in [7, 11) is 0. The number of aromatic amines is 1. The molecule has 2 aromatic heterocycles. The summed E-state index contributed by atoms with van der Waals surface area (Å²) < 4.78 is 5.39. The first-order valence-electron chi connectivity index (χ1n) is 8.84. The lowest BCUT2D eigenvalue weighted by Gasteiger charge is -2.17. The van der Waals surface area contributed by atoms with Crippen LogP contribution in [0.3, 0.4) is 0 Å². The third kappa shape index (κ3) is 3.96. The highest BCUT2D eigenvalue weighted by atomic mass is 32.1. The predicted molar refractivity (Wildman–Crippen MR) is 108 cm³/mol. The molecule has 0 saturated heterocycles. The number of ether oxygens (including phenoxy) is 1. The van der Waals surface area contributed by atoms with E-state index in [1.54, 1.807) is 44.2 Å². The van der Waals surface area contributed by atoms with Crippen molar-refractivity contribution >= 4 is 33.4 Å². The number of benzene rings is 1. The third-order valence-corrected chi connectivity index (χ3v) is 5.57. The predicted octanol–water partition coefficient (Wildman–Crippen LogP) is 3.02. The summed E-state index contributed by atoms with van der Waals surface area (Å²) in [6.45, 7) is 6.98. The Balaban J connectivity index is 1.71. The fourth-order valence-electron chi connectivity index (χ4n) is 2.72. The summed E-state index contributed by atoms with van der Waals surface area (Å²) in [6, 6.07) is 7.75. The molecule has 0 bridgehead atoms. The number of esters is 1. The number of hydrogen-bond donors (Lipinski definition) is 2. The molecule has 2 atom stereocenters. The van der Waals surface area contributed by atoms with Gasteiger partial charge >= 0.3 is 5.97 Å². The number of rotatable bonds is 5. The number of nitrogens with one attached hydrogen (secondary N) is 2. The molecular formula is C20H21N3O4S. The topological polar surface area (TPSA) is 101 Å². The average molecular weight is 399 g/mol. The van der Waals surface area contributed by atoms with E-state index in [0.717, 1.165) is 10.4 Å². The normalized spacial score (nSPS) is 13.1. The van der Waals surface area contributed by atoms with Gasteiger partial charge in [0.05, 0.1) is 5.39 Å². The molecule has 0 radical (unpaired) electrons. The molecule has 1 amide bonds. The fraction of sp³-hybridized carbons (Fsp3) is 0.300. The summed E-state index contributed by atoms with van der Waals surface area (Å²) in [6.07, 6.45) is -0.761. The van der Waals surface area contributed by atoms with Gasteiger partial charge in [-0.2, -0.15) is 0 Å². The molecule has 2 N–H and O–H groups in total. The summed E-state index contributed by atoms with van der Waals surface area (Å²) >= 11 is 1.43. The summed E-state index contributed by atoms with van der Waals surface area (Å²) in [5, 5.41) is 3.16. The van der Waals surface area contributed by atoms with Crippen molar-refractivity contribution in [1.82, 2.24) is 15.3 Å². The van der Waals surface area contributed by atoms with E-state index in [0.29, 0.717) is 15.8 Å². The Morgan fingerprint density at radius 3 is 2.54 bits per heavy atom. The quantitative estimate of drug-likeness (QED) is 0.642. The summed E-state index contributed by atoms with van der Waals surface area (Å²) in [5.41, 5.74) is 1.10. The van der Waals surface area contributed by atoms with Crippen molar-refractivity contribution < 1.29 is 14.3 Å². The van der Waals surface area contributed by atoms with Gasteiger partial charge < -0.3 is 15.0 Å². The first-order valence-corrected chi connectivity index (χ1v) is 9.66. The lowest BCUT2D eigenvalue weighted by atomic mass is 10.2. The van der Waals surface area contributed by atoms with E-state index in [9.17, 15) is 14.4 Å². The molecule has 0 fully saturated rings. The molecule has 0 unspecified atom stereocenters. The number of aromatic nitrogens is 2. The van der Waals surface area contributed by atoms with Gasteiger partial charge in [-0.25, -0.2) is 9.78 Å². The second kappa shape index (κ2) is 7.93. The lowest BCUT2D eigenvalue weighted by Crippen LogP contribution is -2.40. The highest BCUT2D eigenvalue weighted by Gasteiger charge is 2.23. The number of carbonyl (C=O) groups is 2. The zero-order valence-electron chi connectivity index (χ0n) is 16.0. The van der Waals surface area contributed by atoms with Crippen LogP contribution in [0, 0.1) is 13.8 Å². The molecular weight excluding hydrogens is 378 g/mol. The molecule has 0 saturated carbocycles. The van der Waals surface area contributed by atoms with E-state index in [-0.39, 0.29) is 17.3 Å². The van der Waals surface area contributed by atoms with Crippen molar-refractivity contribution in [3.05, 3.63) is 62.5 Å². The maximum atomic E-state index is 12.4. The third-order valence-electron chi connectivity index (χ3n) is 4.47. The van der Waals surface area contributed by atoms with Crippen LogP contribution in [-0.4, -0.2) is 27.9 Å². The number of amides is 1. The van der Waals surface area contributed by atoms with Gasteiger partial charge in [0.15, 0.2) is 11.9 Å². The van der Waals surface area contributed by atoms with Crippen LogP contribution in [0.5, 0.6) is 0 Å². The first kappa shape index (κ1) is 19.8. The van der Waals surface area contributed by atoms with E-state index in [2.05, 4.69) is 15.3 Å². The number of nitrogens with zero attached hydrogens (tertiary/aromatic N) is 1. The minimum atomic E-state index is -0.850. The number of carbonyl (C=O) groups excluding carboxylic acids is 2. The van der Waals surface area contributed by atoms with Crippen LogP contribution in [0.25, 0.3) is 10.2 Å². The smallest absolute Gasteiger partial charge is 0.329 e. The standard InChI is InChI=1S/C20H21N3O4S/c1-10-13(4)28-19-15(10)18(25)22-16(23-19)12(3)27-20(26)11(2)21-17(24)14-8-6-5-7-9-14/h5-9,11-12H,1-4H3,(H,21,24)(H,22,23,25)/t11-,12-/m0/s1. The Bertz CT molecular complexity index is 1090. The van der Waals surface area contributed by atoms with Crippen molar-refractivity contribution in [1.29, 1.82) is 0 Å². The molecule has 28 heavy (non-hydrogen) atoms. The molecule has 3 rings (SSSR count). The molecule has 0 aliphatic carbocycles. The molecule has 3 aromatic rings. The second-order valence-corrected chi connectivity index (χ2v) is 7.76. The second-order valence-electron chi connectivity index (χ2n) is 6.55. The molecule has 7 nitrogen and oxygen atoms in total. The number of fused-ring (bicyclic) bond motifs is 1. The molecule has 0 aliphatic rings. The van der Waals surface area contributed by atoms with Gasteiger partial charge in [0.1, 0.15) is 10.9 Å². The monoisotopic (exact) mass is 399 g/mol. The van der Waals surface area contributed by atoms with Crippen LogP contribution in [0.15, 0.2) is 35.1 Å². The zero-order chi connectivity index (χ0) is 20.4. The average Bonchev–Trinajstić information content (AvgIpc) is 2.96. The van der Waals surface area contributed by atoms with Crippen LogP contribution < -0.4 is 10.9 Å². The Labute approximate surface area is 165 Å². The fourth-order valence-corrected chi connectivity index (χ4v) is 3.76. The molecule has 0 aliphatic heterocycles. The van der Waals surface area contributed by atoms with Crippen LogP contribution in [-0.2, 0) is 9.53 Å². The SMILES string of the molecule is Cc1sc2nc([C@H](C)OC(=O)[C@H](C)NC(=O)c3ccccc3)[nH]c(=O)c2c1C. The van der Waals surface area contributed by atoms with Crippen molar-refractivity contribution in [2.75, 3.05) is 0 Å². The van der Waals surface area contributed by atoms with Gasteiger partial charge in [-0.05, 0) is 45.4 Å². The van der Waals surface area contributed by atoms with Gasteiger partial charge in [-0.15, -0.1) is 11.3 Å². The van der Waals surface area contributed by atoms with Crippen LogP contribution in [0.2, 0.25) is 0 Å². The largest absolute Gasteiger partial charge is 0.453 e. The van der Waals surface area contributed by atoms with Crippen molar-refractivity contribution in [2.24, 2.45) is 0 Å². The maximum absolute atomic E-state index is 12.4. The van der Waals surface area contributed by atoms with E-state index >= 15 is 0 Å². The van der Waals surface area contributed by atoms with E-state index < -0.39 is 18.1 Å².